The van der Waals surface area contributed by atoms with E-state index >= 15 is 0 Å². The molecule has 1 aromatic rings. The molecule has 0 radical (unpaired) electrons. The highest BCUT2D eigenvalue weighted by Crippen LogP contribution is 2.33. The molecule has 1 fully saturated rings. The van der Waals surface area contributed by atoms with Gasteiger partial charge in [0.1, 0.15) is 5.75 Å². The number of nitrogens with one attached hydrogen (secondary N) is 1. The second-order valence-electron chi connectivity index (χ2n) is 3.49. The van der Waals surface area contributed by atoms with E-state index in [1.165, 1.54) is 17.5 Å². The third-order valence-electron chi connectivity index (χ3n) is 2.68. The lowest BCUT2D eigenvalue weighted by atomic mass is 9.93. The molecular formula is C11H15NO. The van der Waals surface area contributed by atoms with Crippen molar-refractivity contribution >= 4 is 0 Å². The molecule has 1 N–H and O–H groups in total. The molecule has 0 saturated carbocycles. The average molecular weight is 177 g/mol. The Bertz CT molecular complexity index is 305. The quantitative estimate of drug-likeness (QED) is 0.746. The van der Waals surface area contributed by atoms with E-state index < -0.39 is 0 Å². The van der Waals surface area contributed by atoms with Gasteiger partial charge in [-0.2, -0.15) is 0 Å². The summed E-state index contributed by atoms with van der Waals surface area (Å²) < 4.78 is 5.34. The molecule has 0 bridgehead atoms. The Hall–Kier alpha value is -1.02. The van der Waals surface area contributed by atoms with Crippen molar-refractivity contribution in [3.05, 3.63) is 29.3 Å². The smallest absolute Gasteiger partial charge is 0.123 e. The summed E-state index contributed by atoms with van der Waals surface area (Å²) in [5, 5.41) is 3.40. The molecule has 0 amide bonds. The predicted octanol–water partition coefficient (Wildman–Crippen LogP) is 2.04. The Balaban J connectivity index is 2.39. The fraction of sp³-hybridized carbons (Fsp3) is 0.455. The Morgan fingerprint density at radius 1 is 1.46 bits per heavy atom. The lowest BCUT2D eigenvalue weighted by molar-refractivity contribution is 0.352. The van der Waals surface area contributed by atoms with Crippen molar-refractivity contribution in [1.29, 1.82) is 0 Å². The number of ether oxygens (including phenoxy) is 1. The number of aryl methyl sites for hydroxylation is 1. The standard InChI is InChI=1S/C11H15NO/c1-8-4-3-5-10(13-2)11(8)9-6-7-12-9/h3-5,9,12H,6-7H2,1-2H3/t9-/m1/s1. The fourth-order valence-corrected chi connectivity index (χ4v) is 1.81. The molecule has 1 atom stereocenters. The molecule has 0 spiro atoms. The summed E-state index contributed by atoms with van der Waals surface area (Å²) in [7, 11) is 1.73. The first-order chi connectivity index (χ1) is 6.33. The van der Waals surface area contributed by atoms with Gasteiger partial charge in [-0.1, -0.05) is 12.1 Å². The highest BCUT2D eigenvalue weighted by Gasteiger charge is 2.23. The topological polar surface area (TPSA) is 21.3 Å². The number of methoxy groups -OCH3 is 1. The molecule has 2 nitrogen and oxygen atoms in total. The van der Waals surface area contributed by atoms with Crippen LogP contribution in [-0.2, 0) is 0 Å². The van der Waals surface area contributed by atoms with Gasteiger partial charge in [0, 0.05) is 11.6 Å². The Morgan fingerprint density at radius 2 is 2.23 bits per heavy atom. The van der Waals surface area contributed by atoms with E-state index in [0.29, 0.717) is 6.04 Å². The van der Waals surface area contributed by atoms with Crippen LogP contribution in [0.5, 0.6) is 5.75 Å². The molecule has 13 heavy (non-hydrogen) atoms. The van der Waals surface area contributed by atoms with Gasteiger partial charge < -0.3 is 10.1 Å². The molecule has 1 saturated heterocycles. The summed E-state index contributed by atoms with van der Waals surface area (Å²) in [6.07, 6.45) is 1.22. The first-order valence-electron chi connectivity index (χ1n) is 4.70. The molecule has 1 aliphatic rings. The second kappa shape index (κ2) is 3.38. The molecule has 2 heteroatoms. The largest absolute Gasteiger partial charge is 0.496 e. The van der Waals surface area contributed by atoms with Crippen LogP contribution in [0.4, 0.5) is 0 Å². The minimum Gasteiger partial charge on any atom is -0.496 e. The van der Waals surface area contributed by atoms with Gasteiger partial charge in [0.15, 0.2) is 0 Å². The maximum atomic E-state index is 5.34. The Kier molecular flexibility index (Phi) is 2.23. The number of hydrogen-bond donors (Lipinski definition) is 1. The molecule has 0 aliphatic carbocycles. The normalized spacial score (nSPS) is 20.9. The molecule has 1 aromatic carbocycles. The van der Waals surface area contributed by atoms with Crippen molar-refractivity contribution in [1.82, 2.24) is 5.32 Å². The minimum absolute atomic E-state index is 0.510. The SMILES string of the molecule is COc1cccc(C)c1[C@H]1CCN1. The summed E-state index contributed by atoms with van der Waals surface area (Å²) in [5.41, 5.74) is 2.65. The third kappa shape index (κ3) is 1.42. The number of rotatable bonds is 2. The van der Waals surface area contributed by atoms with Crippen LogP contribution < -0.4 is 10.1 Å². The van der Waals surface area contributed by atoms with Crippen LogP contribution in [-0.4, -0.2) is 13.7 Å². The van der Waals surface area contributed by atoms with Crippen molar-refractivity contribution in [2.75, 3.05) is 13.7 Å². The zero-order valence-electron chi connectivity index (χ0n) is 8.13. The zero-order chi connectivity index (χ0) is 9.26. The Labute approximate surface area is 78.9 Å². The van der Waals surface area contributed by atoms with Crippen molar-refractivity contribution in [2.45, 2.75) is 19.4 Å². The average Bonchev–Trinajstić information content (AvgIpc) is 2.05. The Morgan fingerprint density at radius 3 is 2.77 bits per heavy atom. The van der Waals surface area contributed by atoms with Gasteiger partial charge in [0.05, 0.1) is 7.11 Å². The van der Waals surface area contributed by atoms with Crippen molar-refractivity contribution < 1.29 is 4.74 Å². The third-order valence-corrected chi connectivity index (χ3v) is 2.68. The molecule has 2 rings (SSSR count). The summed E-state index contributed by atoms with van der Waals surface area (Å²) in [6.45, 7) is 3.26. The molecule has 1 aliphatic heterocycles. The van der Waals surface area contributed by atoms with Crippen LogP contribution in [0.1, 0.15) is 23.6 Å². The predicted molar refractivity (Wildman–Crippen MR) is 53.1 cm³/mol. The van der Waals surface area contributed by atoms with E-state index in [9.17, 15) is 0 Å². The van der Waals surface area contributed by atoms with Gasteiger partial charge >= 0.3 is 0 Å². The maximum absolute atomic E-state index is 5.34. The van der Waals surface area contributed by atoms with Gasteiger partial charge in [-0.05, 0) is 31.5 Å². The van der Waals surface area contributed by atoms with E-state index in [1.807, 2.05) is 12.1 Å². The lowest BCUT2D eigenvalue weighted by Crippen LogP contribution is -2.35. The monoisotopic (exact) mass is 177 g/mol. The maximum Gasteiger partial charge on any atom is 0.123 e. The van der Waals surface area contributed by atoms with Crippen LogP contribution in [0.25, 0.3) is 0 Å². The van der Waals surface area contributed by atoms with Crippen LogP contribution in [0.15, 0.2) is 18.2 Å². The van der Waals surface area contributed by atoms with E-state index in [0.717, 1.165) is 12.3 Å². The molecular weight excluding hydrogens is 162 g/mol. The van der Waals surface area contributed by atoms with Crippen LogP contribution >= 0.6 is 0 Å². The number of benzene rings is 1. The first-order valence-corrected chi connectivity index (χ1v) is 4.70. The fourth-order valence-electron chi connectivity index (χ4n) is 1.81. The van der Waals surface area contributed by atoms with Crippen molar-refractivity contribution in [3.63, 3.8) is 0 Å². The molecule has 0 aromatic heterocycles. The summed E-state index contributed by atoms with van der Waals surface area (Å²) in [4.78, 5) is 0. The van der Waals surface area contributed by atoms with Crippen LogP contribution in [0.2, 0.25) is 0 Å². The van der Waals surface area contributed by atoms with E-state index in [-0.39, 0.29) is 0 Å². The summed E-state index contributed by atoms with van der Waals surface area (Å²) >= 11 is 0. The van der Waals surface area contributed by atoms with Crippen molar-refractivity contribution in [3.8, 4) is 5.75 Å². The number of hydrogen-bond acceptors (Lipinski definition) is 2. The molecule has 1 heterocycles. The first kappa shape index (κ1) is 8.57. The van der Waals surface area contributed by atoms with E-state index in [2.05, 4.69) is 18.3 Å². The van der Waals surface area contributed by atoms with E-state index in [1.54, 1.807) is 7.11 Å². The van der Waals surface area contributed by atoms with Crippen LogP contribution in [0, 0.1) is 6.92 Å². The van der Waals surface area contributed by atoms with Crippen LogP contribution in [0.3, 0.4) is 0 Å². The summed E-state index contributed by atoms with van der Waals surface area (Å²) in [5.74, 6) is 1.01. The molecule has 70 valence electrons. The molecule has 0 unspecified atom stereocenters. The van der Waals surface area contributed by atoms with E-state index in [4.69, 9.17) is 4.74 Å². The highest BCUT2D eigenvalue weighted by atomic mass is 16.5. The zero-order valence-corrected chi connectivity index (χ0v) is 8.13. The van der Waals surface area contributed by atoms with Gasteiger partial charge in [-0.15, -0.1) is 0 Å². The minimum atomic E-state index is 0.510. The summed E-state index contributed by atoms with van der Waals surface area (Å²) in [6, 6.07) is 6.72. The second-order valence-corrected chi connectivity index (χ2v) is 3.49. The van der Waals surface area contributed by atoms with Gasteiger partial charge in [-0.3, -0.25) is 0 Å². The lowest BCUT2D eigenvalue weighted by Gasteiger charge is -2.30. The van der Waals surface area contributed by atoms with Gasteiger partial charge in [0.2, 0.25) is 0 Å². The highest BCUT2D eigenvalue weighted by molar-refractivity contribution is 5.42. The van der Waals surface area contributed by atoms with Crippen molar-refractivity contribution in [2.24, 2.45) is 0 Å². The van der Waals surface area contributed by atoms with Gasteiger partial charge in [-0.25, -0.2) is 0 Å². The van der Waals surface area contributed by atoms with Gasteiger partial charge in [0.25, 0.3) is 0 Å².